The average molecular weight is 711 g/mol. The van der Waals surface area contributed by atoms with E-state index in [1.807, 2.05) is 0 Å². The molecule has 0 aromatic carbocycles. The highest BCUT2D eigenvalue weighted by Gasteiger charge is 2.69. The summed E-state index contributed by atoms with van der Waals surface area (Å²) in [6.45, 7) is 9.79. The smallest absolute Gasteiger partial charge is 0.186 e. The van der Waals surface area contributed by atoms with Gasteiger partial charge in [-0.2, -0.15) is 0 Å². The van der Waals surface area contributed by atoms with Crippen LogP contribution in [0.2, 0.25) is 0 Å². The third-order valence-corrected chi connectivity index (χ3v) is 15.8. The Morgan fingerprint density at radius 2 is 1.50 bits per heavy atom. The predicted molar refractivity (Wildman–Crippen MR) is 177 cm³/mol. The third-order valence-electron chi connectivity index (χ3n) is 15.8. The van der Waals surface area contributed by atoms with E-state index in [4.69, 9.17) is 28.4 Å². The van der Waals surface area contributed by atoms with Crippen molar-refractivity contribution in [2.45, 2.75) is 165 Å². The number of ether oxygens (including phenoxy) is 6. The normalized spacial score (nSPS) is 59.4. The molecule has 0 aromatic heterocycles. The lowest BCUT2D eigenvalue weighted by atomic mass is 9.44. The highest BCUT2D eigenvalue weighted by molar-refractivity contribution is 5.15. The lowest BCUT2D eigenvalue weighted by Crippen LogP contribution is -2.63. The number of fused-ring (bicyclic) bond motifs is 7. The van der Waals surface area contributed by atoms with Crippen molar-refractivity contribution < 1.29 is 59.1 Å². The zero-order valence-corrected chi connectivity index (χ0v) is 30.2. The molecule has 0 aromatic rings. The first kappa shape index (κ1) is 36.5. The molecule has 286 valence electrons. The van der Waals surface area contributed by atoms with E-state index in [9.17, 15) is 30.6 Å². The molecule has 12 heteroatoms. The minimum atomic E-state index is -1.58. The van der Waals surface area contributed by atoms with Crippen LogP contribution in [0.3, 0.4) is 0 Å². The maximum absolute atomic E-state index is 11.1. The molecule has 4 saturated carbocycles. The average Bonchev–Trinajstić information content (AvgIpc) is 3.55. The SMILES string of the molecule is CC1CCC2(OC1)OC1C[C@H]3C4CCC5CC(O[C@@H]6O[C@H](CO)[C@@H](O[C@@H]7OC[C@@H](O)[C@@H](O)[C@H]7O)[C@@H](O)[C@H]6O)CCC5(C)C4CCC3(C)[C@H]1[C@@H]2C. The standard InChI is InChI=1S/C38H62O12/c1-18-7-12-38(46-16-18)19(2)28-26(50-38)14-24-22-6-5-20-13-21(8-10-36(20,3)23(22)9-11-37(24,28)4)47-35-32(44)30(42)33(27(15-39)48-35)49-34-31(43)29(41)25(40)17-45-34/h18-35,39-44H,5-17H2,1-4H3/t18?,19-,20?,21?,22?,23?,24-,25+,26?,27+,28-,29+,30-,31+,32+,33+,34-,35+,36?,37?,38?/m0/s1. The number of hydrogen-bond donors (Lipinski definition) is 6. The van der Waals surface area contributed by atoms with Gasteiger partial charge in [0, 0.05) is 12.3 Å². The fourth-order valence-corrected chi connectivity index (χ4v) is 12.9. The van der Waals surface area contributed by atoms with Gasteiger partial charge in [-0.15, -0.1) is 0 Å². The highest BCUT2D eigenvalue weighted by atomic mass is 16.7. The van der Waals surface area contributed by atoms with Crippen molar-refractivity contribution in [1.29, 1.82) is 0 Å². The van der Waals surface area contributed by atoms with E-state index >= 15 is 0 Å². The van der Waals surface area contributed by atoms with Crippen LogP contribution in [0, 0.1) is 52.3 Å². The summed E-state index contributed by atoms with van der Waals surface area (Å²) in [7, 11) is 0. The topological polar surface area (TPSA) is 177 Å². The Kier molecular flexibility index (Phi) is 9.76. The van der Waals surface area contributed by atoms with Gasteiger partial charge in [-0.3, -0.25) is 0 Å². The molecule has 1 spiro atoms. The van der Waals surface area contributed by atoms with Crippen LogP contribution in [0.5, 0.6) is 0 Å². The highest BCUT2D eigenvalue weighted by Crippen LogP contribution is 2.71. The summed E-state index contributed by atoms with van der Waals surface area (Å²) in [5.41, 5.74) is 0.502. The van der Waals surface area contributed by atoms with Crippen LogP contribution in [0.1, 0.15) is 91.9 Å². The molecule has 21 atom stereocenters. The molecule has 50 heavy (non-hydrogen) atoms. The summed E-state index contributed by atoms with van der Waals surface area (Å²) >= 11 is 0. The molecule has 0 bridgehead atoms. The molecule has 9 unspecified atom stereocenters. The summed E-state index contributed by atoms with van der Waals surface area (Å²) in [6, 6.07) is 0. The Bertz CT molecular complexity index is 1210. The quantitative estimate of drug-likeness (QED) is 0.230. The Morgan fingerprint density at radius 1 is 0.740 bits per heavy atom. The van der Waals surface area contributed by atoms with E-state index in [0.29, 0.717) is 47.5 Å². The molecular weight excluding hydrogens is 648 g/mol. The Morgan fingerprint density at radius 3 is 2.24 bits per heavy atom. The van der Waals surface area contributed by atoms with Crippen LogP contribution in [-0.4, -0.2) is 124 Å². The zero-order chi connectivity index (χ0) is 35.3. The molecule has 6 N–H and O–H groups in total. The minimum Gasteiger partial charge on any atom is -0.394 e. The first-order valence-corrected chi connectivity index (χ1v) is 19.7. The van der Waals surface area contributed by atoms with Gasteiger partial charge in [0.05, 0.1) is 32.0 Å². The molecule has 4 aliphatic heterocycles. The van der Waals surface area contributed by atoms with Crippen molar-refractivity contribution >= 4 is 0 Å². The molecule has 0 amide bonds. The van der Waals surface area contributed by atoms with Crippen LogP contribution in [0.25, 0.3) is 0 Å². The summed E-state index contributed by atoms with van der Waals surface area (Å²) in [4.78, 5) is 0. The number of hydrogen-bond acceptors (Lipinski definition) is 12. The van der Waals surface area contributed by atoms with Crippen molar-refractivity contribution in [2.75, 3.05) is 19.8 Å². The lowest BCUT2D eigenvalue weighted by Gasteiger charge is -2.61. The number of aliphatic hydroxyl groups excluding tert-OH is 6. The lowest BCUT2D eigenvalue weighted by molar-refractivity contribution is -0.354. The second-order valence-corrected chi connectivity index (χ2v) is 18.3. The van der Waals surface area contributed by atoms with E-state index in [1.54, 1.807) is 0 Å². The van der Waals surface area contributed by atoms with E-state index in [1.165, 1.54) is 25.7 Å². The Balaban J connectivity index is 0.894. The fourth-order valence-electron chi connectivity index (χ4n) is 12.9. The zero-order valence-electron chi connectivity index (χ0n) is 30.2. The van der Waals surface area contributed by atoms with E-state index in [0.717, 1.165) is 45.1 Å². The Hall–Kier alpha value is -0.480. The molecule has 8 fully saturated rings. The molecule has 0 radical (unpaired) electrons. The van der Waals surface area contributed by atoms with Crippen LogP contribution in [0.4, 0.5) is 0 Å². The molecule has 4 saturated heterocycles. The molecule has 8 rings (SSSR count). The van der Waals surface area contributed by atoms with E-state index < -0.39 is 61.9 Å². The molecular formula is C38H62O12. The summed E-state index contributed by atoms with van der Waals surface area (Å²) in [5.74, 6) is 3.74. The number of rotatable bonds is 5. The van der Waals surface area contributed by atoms with Crippen LogP contribution in [0.15, 0.2) is 0 Å². The van der Waals surface area contributed by atoms with Gasteiger partial charge in [-0.1, -0.05) is 27.7 Å². The van der Waals surface area contributed by atoms with Gasteiger partial charge in [-0.05, 0) is 104 Å². The van der Waals surface area contributed by atoms with Gasteiger partial charge in [0.15, 0.2) is 18.4 Å². The molecule has 4 aliphatic carbocycles. The van der Waals surface area contributed by atoms with Crippen molar-refractivity contribution in [3.63, 3.8) is 0 Å². The molecule has 4 heterocycles. The van der Waals surface area contributed by atoms with Crippen molar-refractivity contribution in [1.82, 2.24) is 0 Å². The van der Waals surface area contributed by atoms with E-state index in [-0.39, 0.29) is 29.3 Å². The second-order valence-electron chi connectivity index (χ2n) is 18.3. The van der Waals surface area contributed by atoms with Gasteiger partial charge in [0.2, 0.25) is 0 Å². The predicted octanol–water partition coefficient (Wildman–Crippen LogP) is 2.08. The molecule has 12 nitrogen and oxygen atoms in total. The maximum Gasteiger partial charge on any atom is 0.186 e. The number of aliphatic hydroxyl groups is 6. The van der Waals surface area contributed by atoms with Crippen LogP contribution < -0.4 is 0 Å². The van der Waals surface area contributed by atoms with Gasteiger partial charge >= 0.3 is 0 Å². The van der Waals surface area contributed by atoms with Gasteiger partial charge in [-0.25, -0.2) is 0 Å². The monoisotopic (exact) mass is 710 g/mol. The largest absolute Gasteiger partial charge is 0.394 e. The second kappa shape index (κ2) is 13.4. The molecule has 8 aliphatic rings. The van der Waals surface area contributed by atoms with Crippen LogP contribution in [-0.2, 0) is 28.4 Å². The van der Waals surface area contributed by atoms with Crippen molar-refractivity contribution in [3.05, 3.63) is 0 Å². The fraction of sp³-hybridized carbons (Fsp3) is 1.00. The third kappa shape index (κ3) is 5.68. The summed E-state index contributed by atoms with van der Waals surface area (Å²) < 4.78 is 36.9. The van der Waals surface area contributed by atoms with Crippen molar-refractivity contribution in [3.8, 4) is 0 Å². The minimum absolute atomic E-state index is 0.156. The van der Waals surface area contributed by atoms with Gasteiger partial charge in [0.1, 0.15) is 42.7 Å². The van der Waals surface area contributed by atoms with Crippen LogP contribution >= 0.6 is 0 Å². The Labute approximate surface area is 296 Å². The maximum atomic E-state index is 11.1. The van der Waals surface area contributed by atoms with Crippen molar-refractivity contribution in [2.24, 2.45) is 52.3 Å². The summed E-state index contributed by atoms with van der Waals surface area (Å²) in [6.07, 6.45) is -1.12. The van der Waals surface area contributed by atoms with E-state index in [2.05, 4.69) is 27.7 Å². The summed E-state index contributed by atoms with van der Waals surface area (Å²) in [5, 5.41) is 62.4. The van der Waals surface area contributed by atoms with Gasteiger partial charge in [0.25, 0.3) is 0 Å². The first-order chi connectivity index (χ1) is 23.8. The first-order valence-electron chi connectivity index (χ1n) is 19.7. The van der Waals surface area contributed by atoms with Gasteiger partial charge < -0.3 is 59.1 Å².